The van der Waals surface area contributed by atoms with E-state index in [0.717, 1.165) is 51.9 Å². The molecule has 0 radical (unpaired) electrons. The monoisotopic (exact) mass is 304 g/mol. The quantitative estimate of drug-likeness (QED) is 0.450. The number of H-pyrrole nitrogens is 1. The molecule has 0 aliphatic carbocycles. The molecule has 1 aromatic heterocycles. The van der Waals surface area contributed by atoms with Gasteiger partial charge in [-0.15, -0.1) is 0 Å². The first-order valence-electron chi connectivity index (χ1n) is 8.50. The Balaban J connectivity index is 2.10. The molecule has 0 fully saturated rings. The molecule has 1 aromatic rings. The summed E-state index contributed by atoms with van der Waals surface area (Å²) >= 11 is 0. The SMILES string of the molecule is C/C=C(C)\C=C/CCOCCCc1[nH]ccc1CCCCN. The third kappa shape index (κ3) is 8.20. The van der Waals surface area contributed by atoms with Crippen LogP contribution in [0.2, 0.25) is 0 Å². The van der Waals surface area contributed by atoms with Crippen LogP contribution in [0.3, 0.4) is 0 Å². The lowest BCUT2D eigenvalue weighted by Crippen LogP contribution is -2.01. The van der Waals surface area contributed by atoms with Gasteiger partial charge in [0.1, 0.15) is 0 Å². The fraction of sp³-hybridized carbons (Fsp3) is 0.579. The number of hydrogen-bond acceptors (Lipinski definition) is 2. The van der Waals surface area contributed by atoms with Gasteiger partial charge in [-0.25, -0.2) is 0 Å². The molecule has 0 aliphatic rings. The molecule has 1 rings (SSSR count). The zero-order chi connectivity index (χ0) is 16.0. The maximum Gasteiger partial charge on any atom is 0.0500 e. The second kappa shape index (κ2) is 12.2. The van der Waals surface area contributed by atoms with Gasteiger partial charge in [0.05, 0.1) is 6.61 Å². The van der Waals surface area contributed by atoms with E-state index in [-0.39, 0.29) is 0 Å². The topological polar surface area (TPSA) is 51.0 Å². The number of aryl methyl sites for hydroxylation is 2. The normalized spacial score (nSPS) is 12.4. The van der Waals surface area contributed by atoms with Crippen molar-refractivity contribution in [2.45, 2.75) is 52.4 Å². The first-order chi connectivity index (χ1) is 10.8. The molecule has 0 saturated heterocycles. The van der Waals surface area contributed by atoms with Crippen LogP contribution in [0.1, 0.15) is 50.8 Å². The van der Waals surface area contributed by atoms with Crippen LogP contribution in [-0.2, 0) is 17.6 Å². The zero-order valence-electron chi connectivity index (χ0n) is 14.2. The molecule has 124 valence electrons. The van der Waals surface area contributed by atoms with E-state index in [4.69, 9.17) is 10.5 Å². The number of aromatic nitrogens is 1. The van der Waals surface area contributed by atoms with E-state index in [9.17, 15) is 0 Å². The molecule has 0 aromatic carbocycles. The predicted octanol–water partition coefficient (Wildman–Crippen LogP) is 4.16. The molecule has 1 heterocycles. The summed E-state index contributed by atoms with van der Waals surface area (Å²) in [5, 5.41) is 0. The van der Waals surface area contributed by atoms with Gasteiger partial charge in [-0.2, -0.15) is 0 Å². The average molecular weight is 304 g/mol. The number of aromatic amines is 1. The Morgan fingerprint density at radius 1 is 1.23 bits per heavy atom. The molecule has 0 amide bonds. The number of ether oxygens (including phenoxy) is 1. The third-order valence-electron chi connectivity index (χ3n) is 3.81. The lowest BCUT2D eigenvalue weighted by Gasteiger charge is -2.05. The molecule has 3 nitrogen and oxygen atoms in total. The van der Waals surface area contributed by atoms with E-state index in [1.165, 1.54) is 23.3 Å². The summed E-state index contributed by atoms with van der Waals surface area (Å²) in [7, 11) is 0. The minimum atomic E-state index is 0.787. The van der Waals surface area contributed by atoms with Crippen LogP contribution in [0.5, 0.6) is 0 Å². The fourth-order valence-electron chi connectivity index (χ4n) is 2.33. The molecular weight excluding hydrogens is 272 g/mol. The highest BCUT2D eigenvalue weighted by atomic mass is 16.5. The van der Waals surface area contributed by atoms with E-state index in [0.29, 0.717) is 0 Å². The average Bonchev–Trinajstić information content (AvgIpc) is 2.97. The third-order valence-corrected chi connectivity index (χ3v) is 3.81. The molecule has 3 heteroatoms. The van der Waals surface area contributed by atoms with Gasteiger partial charge in [0.15, 0.2) is 0 Å². The first-order valence-corrected chi connectivity index (χ1v) is 8.50. The Morgan fingerprint density at radius 3 is 2.86 bits per heavy atom. The van der Waals surface area contributed by atoms with Gasteiger partial charge in [0, 0.05) is 18.5 Å². The van der Waals surface area contributed by atoms with Crippen molar-refractivity contribution in [3.8, 4) is 0 Å². The molecule has 0 spiro atoms. The molecule has 0 bridgehead atoms. The van der Waals surface area contributed by atoms with Crippen molar-refractivity contribution in [1.29, 1.82) is 0 Å². The second-order valence-electron chi connectivity index (χ2n) is 5.67. The van der Waals surface area contributed by atoms with Crippen LogP contribution in [-0.4, -0.2) is 24.7 Å². The van der Waals surface area contributed by atoms with E-state index in [2.05, 4.69) is 43.1 Å². The summed E-state index contributed by atoms with van der Waals surface area (Å²) in [6.07, 6.45) is 15.0. The van der Waals surface area contributed by atoms with Crippen LogP contribution in [0.15, 0.2) is 36.1 Å². The summed E-state index contributed by atoms with van der Waals surface area (Å²) in [6.45, 7) is 6.59. The van der Waals surface area contributed by atoms with E-state index in [1.54, 1.807) is 0 Å². The Labute approximate surface area is 135 Å². The van der Waals surface area contributed by atoms with Crippen LogP contribution in [0, 0.1) is 0 Å². The van der Waals surface area contributed by atoms with Crippen molar-refractivity contribution in [1.82, 2.24) is 4.98 Å². The molecule has 3 N–H and O–H groups in total. The minimum absolute atomic E-state index is 0.787. The molecular formula is C19H32N2O. The van der Waals surface area contributed by atoms with Gasteiger partial charge in [-0.3, -0.25) is 0 Å². The maximum atomic E-state index is 5.68. The van der Waals surface area contributed by atoms with Crippen LogP contribution in [0.25, 0.3) is 0 Å². The molecule has 0 atom stereocenters. The number of nitrogens with one attached hydrogen (secondary N) is 1. The molecule has 22 heavy (non-hydrogen) atoms. The highest BCUT2D eigenvalue weighted by molar-refractivity contribution is 5.20. The largest absolute Gasteiger partial charge is 0.381 e. The van der Waals surface area contributed by atoms with E-state index < -0.39 is 0 Å². The van der Waals surface area contributed by atoms with Crippen molar-refractivity contribution in [2.75, 3.05) is 19.8 Å². The lowest BCUT2D eigenvalue weighted by atomic mass is 10.1. The van der Waals surface area contributed by atoms with Crippen LogP contribution in [0.4, 0.5) is 0 Å². The van der Waals surface area contributed by atoms with Crippen molar-refractivity contribution < 1.29 is 4.74 Å². The number of allylic oxidation sites excluding steroid dienone is 3. The molecule has 0 unspecified atom stereocenters. The summed E-state index contributed by atoms with van der Waals surface area (Å²) < 4.78 is 5.68. The van der Waals surface area contributed by atoms with Crippen molar-refractivity contribution in [3.05, 3.63) is 47.3 Å². The van der Waals surface area contributed by atoms with Gasteiger partial charge in [-0.1, -0.05) is 23.8 Å². The number of hydrogen-bond donors (Lipinski definition) is 2. The maximum absolute atomic E-state index is 5.68. The van der Waals surface area contributed by atoms with Crippen LogP contribution < -0.4 is 5.73 Å². The standard InChI is InChI=1S/C19H32N2O/c1-3-17(2)9-5-7-15-22-16-8-11-19-18(12-14-21-19)10-4-6-13-20/h3,5,9,12,14,21H,4,6-8,10-11,13,15-16,20H2,1-2H3/b9-5-,17-3-. The fourth-order valence-corrected chi connectivity index (χ4v) is 2.33. The lowest BCUT2D eigenvalue weighted by molar-refractivity contribution is 0.136. The van der Waals surface area contributed by atoms with Gasteiger partial charge in [0.25, 0.3) is 0 Å². The summed E-state index contributed by atoms with van der Waals surface area (Å²) in [4.78, 5) is 3.36. The van der Waals surface area contributed by atoms with Gasteiger partial charge >= 0.3 is 0 Å². The highest BCUT2D eigenvalue weighted by Gasteiger charge is 2.03. The summed E-state index contributed by atoms with van der Waals surface area (Å²) in [5.74, 6) is 0. The van der Waals surface area contributed by atoms with E-state index in [1.807, 2.05) is 6.20 Å². The Bertz CT molecular complexity index is 446. The zero-order valence-corrected chi connectivity index (χ0v) is 14.2. The van der Waals surface area contributed by atoms with E-state index >= 15 is 0 Å². The van der Waals surface area contributed by atoms with Crippen molar-refractivity contribution in [3.63, 3.8) is 0 Å². The summed E-state index contributed by atoms with van der Waals surface area (Å²) in [6, 6.07) is 2.20. The Kier molecular flexibility index (Phi) is 10.4. The predicted molar refractivity (Wildman–Crippen MR) is 95.1 cm³/mol. The van der Waals surface area contributed by atoms with Gasteiger partial charge in [0.2, 0.25) is 0 Å². The first kappa shape index (κ1) is 18.7. The smallest absolute Gasteiger partial charge is 0.0500 e. The number of unbranched alkanes of at least 4 members (excludes halogenated alkanes) is 1. The number of nitrogens with two attached hydrogens (primary N) is 1. The van der Waals surface area contributed by atoms with Crippen molar-refractivity contribution in [2.24, 2.45) is 5.73 Å². The highest BCUT2D eigenvalue weighted by Crippen LogP contribution is 2.12. The van der Waals surface area contributed by atoms with Crippen molar-refractivity contribution >= 4 is 0 Å². The molecule has 0 aliphatic heterocycles. The molecule has 0 saturated carbocycles. The summed E-state index contributed by atoms with van der Waals surface area (Å²) in [5.41, 5.74) is 9.65. The minimum Gasteiger partial charge on any atom is -0.381 e. The second-order valence-corrected chi connectivity index (χ2v) is 5.67. The Hall–Kier alpha value is -1.32. The van der Waals surface area contributed by atoms with Crippen LogP contribution >= 0.6 is 0 Å². The van der Waals surface area contributed by atoms with Gasteiger partial charge < -0.3 is 15.5 Å². The Morgan fingerprint density at radius 2 is 2.09 bits per heavy atom. The number of rotatable bonds is 12. The van der Waals surface area contributed by atoms with Gasteiger partial charge in [-0.05, 0) is 70.5 Å².